The van der Waals surface area contributed by atoms with E-state index in [1.165, 1.54) is 5.56 Å². The third kappa shape index (κ3) is 3.99. The second-order valence-electron chi connectivity index (χ2n) is 9.47. The standard InChI is InChI=1S/C26H31N3O3/c30-23-22-9-5-4-6-20(22)18-26(28-23)10-14-29(15-11-26)24(31)27-19-25(12-16-32-17-13-25)21-7-2-1-3-8-21/h1-9H,10-19H2,(H,27,31)(H,28,30). The molecule has 168 valence electrons. The van der Waals surface area contributed by atoms with Gasteiger partial charge in [-0.2, -0.15) is 0 Å². The first kappa shape index (κ1) is 21.0. The molecule has 2 aromatic carbocycles. The first-order valence-corrected chi connectivity index (χ1v) is 11.7. The number of hydrogen-bond donors (Lipinski definition) is 2. The van der Waals surface area contributed by atoms with E-state index in [1.807, 2.05) is 35.2 Å². The smallest absolute Gasteiger partial charge is 0.317 e. The van der Waals surface area contributed by atoms with Crippen molar-refractivity contribution in [2.24, 2.45) is 0 Å². The molecule has 2 saturated heterocycles. The normalized spacial score (nSPS) is 21.5. The highest BCUT2D eigenvalue weighted by atomic mass is 16.5. The number of urea groups is 1. The fourth-order valence-corrected chi connectivity index (χ4v) is 5.53. The van der Waals surface area contributed by atoms with E-state index in [0.717, 1.165) is 56.4 Å². The van der Waals surface area contributed by atoms with Crippen molar-refractivity contribution < 1.29 is 14.3 Å². The van der Waals surface area contributed by atoms with Crippen LogP contribution in [0.2, 0.25) is 0 Å². The van der Waals surface area contributed by atoms with Gasteiger partial charge < -0.3 is 20.3 Å². The Morgan fingerprint density at radius 2 is 1.66 bits per heavy atom. The van der Waals surface area contributed by atoms with Gasteiger partial charge in [-0.3, -0.25) is 4.79 Å². The molecule has 2 N–H and O–H groups in total. The van der Waals surface area contributed by atoms with Crippen molar-refractivity contribution in [1.29, 1.82) is 0 Å². The van der Waals surface area contributed by atoms with Crippen LogP contribution in [0, 0.1) is 0 Å². The van der Waals surface area contributed by atoms with Gasteiger partial charge in [-0.1, -0.05) is 48.5 Å². The Labute approximate surface area is 189 Å². The number of hydrogen-bond acceptors (Lipinski definition) is 3. The van der Waals surface area contributed by atoms with E-state index in [-0.39, 0.29) is 22.9 Å². The molecule has 3 amide bonds. The fraction of sp³-hybridized carbons (Fsp3) is 0.462. The van der Waals surface area contributed by atoms with E-state index in [9.17, 15) is 9.59 Å². The summed E-state index contributed by atoms with van der Waals surface area (Å²) in [7, 11) is 0. The molecule has 1 spiro atoms. The molecular weight excluding hydrogens is 402 g/mol. The lowest BCUT2D eigenvalue weighted by molar-refractivity contribution is 0.0496. The lowest BCUT2D eigenvalue weighted by Crippen LogP contribution is -2.60. The number of benzene rings is 2. The highest BCUT2D eigenvalue weighted by molar-refractivity contribution is 5.97. The van der Waals surface area contributed by atoms with Crippen molar-refractivity contribution in [2.45, 2.75) is 43.1 Å². The van der Waals surface area contributed by atoms with Crippen LogP contribution in [0.3, 0.4) is 0 Å². The van der Waals surface area contributed by atoms with Crippen molar-refractivity contribution in [3.63, 3.8) is 0 Å². The van der Waals surface area contributed by atoms with E-state index in [4.69, 9.17) is 4.74 Å². The molecule has 6 nitrogen and oxygen atoms in total. The van der Waals surface area contributed by atoms with E-state index >= 15 is 0 Å². The zero-order valence-corrected chi connectivity index (χ0v) is 18.4. The number of fused-ring (bicyclic) bond motifs is 1. The molecule has 0 bridgehead atoms. The van der Waals surface area contributed by atoms with Gasteiger partial charge in [0.2, 0.25) is 0 Å². The highest BCUT2D eigenvalue weighted by Gasteiger charge is 2.41. The Morgan fingerprint density at radius 3 is 2.41 bits per heavy atom. The fourth-order valence-electron chi connectivity index (χ4n) is 5.53. The summed E-state index contributed by atoms with van der Waals surface area (Å²) >= 11 is 0. The van der Waals surface area contributed by atoms with Crippen LogP contribution in [0.25, 0.3) is 0 Å². The third-order valence-electron chi connectivity index (χ3n) is 7.59. The molecule has 0 aliphatic carbocycles. The Bertz CT molecular complexity index is 977. The number of rotatable bonds is 3. The van der Waals surface area contributed by atoms with Gasteiger partial charge in [0.15, 0.2) is 0 Å². The average Bonchev–Trinajstić information content (AvgIpc) is 2.84. The predicted molar refractivity (Wildman–Crippen MR) is 123 cm³/mol. The van der Waals surface area contributed by atoms with Crippen LogP contribution in [0.4, 0.5) is 4.79 Å². The summed E-state index contributed by atoms with van der Waals surface area (Å²) in [5.41, 5.74) is 2.84. The molecule has 0 radical (unpaired) electrons. The first-order valence-electron chi connectivity index (χ1n) is 11.7. The van der Waals surface area contributed by atoms with Gasteiger partial charge in [0.1, 0.15) is 0 Å². The molecule has 0 saturated carbocycles. The summed E-state index contributed by atoms with van der Waals surface area (Å²) in [6.45, 7) is 3.35. The van der Waals surface area contributed by atoms with E-state index in [1.54, 1.807) is 0 Å². The average molecular weight is 434 g/mol. The molecule has 3 aliphatic heterocycles. The largest absolute Gasteiger partial charge is 0.381 e. The number of amides is 3. The van der Waals surface area contributed by atoms with Gasteiger partial charge in [-0.25, -0.2) is 4.79 Å². The second kappa shape index (κ2) is 8.58. The first-order chi connectivity index (χ1) is 15.6. The summed E-state index contributed by atoms with van der Waals surface area (Å²) in [4.78, 5) is 27.6. The van der Waals surface area contributed by atoms with E-state index < -0.39 is 0 Å². The summed E-state index contributed by atoms with van der Waals surface area (Å²) in [6, 6.07) is 18.3. The number of nitrogens with one attached hydrogen (secondary N) is 2. The molecule has 0 atom stereocenters. The van der Waals surface area contributed by atoms with Crippen LogP contribution in [0.15, 0.2) is 54.6 Å². The minimum absolute atomic E-state index is 0.00840. The number of carbonyl (C=O) groups excluding carboxylic acids is 2. The van der Waals surface area contributed by atoms with Crippen LogP contribution in [-0.4, -0.2) is 55.2 Å². The van der Waals surface area contributed by atoms with Crippen LogP contribution in [0.5, 0.6) is 0 Å². The topological polar surface area (TPSA) is 70.7 Å². The molecule has 2 aromatic rings. The Hall–Kier alpha value is -2.86. The van der Waals surface area contributed by atoms with Crippen molar-refractivity contribution >= 4 is 11.9 Å². The number of ether oxygens (including phenoxy) is 1. The Kier molecular flexibility index (Phi) is 5.64. The van der Waals surface area contributed by atoms with Crippen LogP contribution < -0.4 is 10.6 Å². The molecule has 0 aromatic heterocycles. The third-order valence-corrected chi connectivity index (χ3v) is 7.59. The Balaban J connectivity index is 1.21. The van der Waals surface area contributed by atoms with Gasteiger partial charge in [-0.05, 0) is 49.3 Å². The predicted octanol–water partition coefficient (Wildman–Crippen LogP) is 3.27. The monoisotopic (exact) mass is 433 g/mol. The maximum atomic E-state index is 13.0. The van der Waals surface area contributed by atoms with Crippen molar-refractivity contribution in [2.75, 3.05) is 32.8 Å². The molecular formula is C26H31N3O3. The quantitative estimate of drug-likeness (QED) is 0.781. The van der Waals surface area contributed by atoms with Crippen LogP contribution in [-0.2, 0) is 16.6 Å². The maximum absolute atomic E-state index is 13.0. The molecule has 32 heavy (non-hydrogen) atoms. The second-order valence-corrected chi connectivity index (χ2v) is 9.47. The number of piperidine rings is 1. The zero-order valence-electron chi connectivity index (χ0n) is 18.4. The minimum Gasteiger partial charge on any atom is -0.381 e. The number of nitrogens with zero attached hydrogens (tertiary/aromatic N) is 1. The summed E-state index contributed by atoms with van der Waals surface area (Å²) in [5, 5.41) is 6.47. The SMILES string of the molecule is O=C1NC2(CCN(C(=O)NCC3(c4ccccc4)CCOCC3)CC2)Cc2ccccc21. The van der Waals surface area contributed by atoms with Crippen molar-refractivity contribution in [3.8, 4) is 0 Å². The van der Waals surface area contributed by atoms with E-state index in [0.29, 0.717) is 19.6 Å². The summed E-state index contributed by atoms with van der Waals surface area (Å²) in [6.07, 6.45) is 4.20. The molecule has 3 heterocycles. The van der Waals surface area contributed by atoms with E-state index in [2.05, 4.69) is 34.9 Å². The van der Waals surface area contributed by atoms with Crippen LogP contribution in [0.1, 0.15) is 47.2 Å². The van der Waals surface area contributed by atoms with Gasteiger partial charge in [0.05, 0.1) is 0 Å². The van der Waals surface area contributed by atoms with Gasteiger partial charge in [0, 0.05) is 49.4 Å². The van der Waals surface area contributed by atoms with Gasteiger partial charge in [-0.15, -0.1) is 0 Å². The van der Waals surface area contributed by atoms with Crippen molar-refractivity contribution in [1.82, 2.24) is 15.5 Å². The lowest BCUT2D eigenvalue weighted by Gasteiger charge is -2.45. The van der Waals surface area contributed by atoms with Gasteiger partial charge >= 0.3 is 6.03 Å². The summed E-state index contributed by atoms with van der Waals surface area (Å²) < 4.78 is 5.61. The van der Waals surface area contributed by atoms with Gasteiger partial charge in [0.25, 0.3) is 5.91 Å². The van der Waals surface area contributed by atoms with Crippen molar-refractivity contribution in [3.05, 3.63) is 71.3 Å². The van der Waals surface area contributed by atoms with Crippen LogP contribution >= 0.6 is 0 Å². The minimum atomic E-state index is -0.242. The highest BCUT2D eigenvalue weighted by Crippen LogP contribution is 2.35. The molecule has 2 fully saturated rings. The maximum Gasteiger partial charge on any atom is 0.317 e. The number of likely N-dealkylation sites (tertiary alicyclic amines) is 1. The Morgan fingerprint density at radius 1 is 0.969 bits per heavy atom. The number of carbonyl (C=O) groups is 2. The molecule has 3 aliphatic rings. The molecule has 6 heteroatoms. The molecule has 0 unspecified atom stereocenters. The zero-order chi connectivity index (χ0) is 22.0. The summed E-state index contributed by atoms with van der Waals surface area (Å²) in [5.74, 6) is 0.00840. The lowest BCUT2D eigenvalue weighted by atomic mass is 9.74. The molecule has 5 rings (SSSR count).